The number of urea groups is 1. The molecule has 0 atom stereocenters. The minimum Gasteiger partial charge on any atom is -0.444 e. The summed E-state index contributed by atoms with van der Waals surface area (Å²) in [5.74, 6) is -0.0876. The third-order valence-corrected chi connectivity index (χ3v) is 5.37. The van der Waals surface area contributed by atoms with Gasteiger partial charge in [-0.2, -0.15) is 0 Å². The Bertz CT molecular complexity index is 796. The number of alkyl carbamates (subject to hydrolysis) is 1. The Morgan fingerprint density at radius 3 is 2.34 bits per heavy atom. The molecule has 0 radical (unpaired) electrons. The summed E-state index contributed by atoms with van der Waals surface area (Å²) >= 11 is 0. The first-order valence-corrected chi connectivity index (χ1v) is 11.1. The molecule has 9 nitrogen and oxygen atoms in total. The molecule has 3 N–H and O–H groups in total. The van der Waals surface area contributed by atoms with Crippen molar-refractivity contribution in [1.82, 2.24) is 15.5 Å². The van der Waals surface area contributed by atoms with Crippen molar-refractivity contribution >= 4 is 23.7 Å². The molecule has 2 rings (SSSR count). The van der Waals surface area contributed by atoms with Crippen LogP contribution in [0, 0.1) is 0 Å². The molecular weight excluding hydrogens is 412 g/mol. The Morgan fingerprint density at radius 1 is 1.09 bits per heavy atom. The Labute approximate surface area is 190 Å². The molecule has 1 aliphatic heterocycles. The molecule has 1 saturated heterocycles. The van der Waals surface area contributed by atoms with Crippen LogP contribution < -0.4 is 16.0 Å². The monoisotopic (exact) mass is 448 g/mol. The van der Waals surface area contributed by atoms with Gasteiger partial charge in [-0.05, 0) is 51.8 Å². The van der Waals surface area contributed by atoms with E-state index in [1.165, 1.54) is 0 Å². The Kier molecular flexibility index (Phi) is 8.89. The number of anilines is 1. The highest BCUT2D eigenvalue weighted by Gasteiger charge is 2.30. The predicted octanol–water partition coefficient (Wildman–Crippen LogP) is 3.36. The molecule has 1 heterocycles. The third-order valence-electron chi connectivity index (χ3n) is 5.37. The first-order chi connectivity index (χ1) is 15.1. The highest BCUT2D eigenvalue weighted by Crippen LogP contribution is 2.17. The van der Waals surface area contributed by atoms with E-state index in [1.54, 1.807) is 49.9 Å². The van der Waals surface area contributed by atoms with Crippen molar-refractivity contribution in [3.8, 4) is 0 Å². The maximum Gasteiger partial charge on any atom is 0.407 e. The number of hydrogen-bond acceptors (Lipinski definition) is 5. The number of nitrogens with one attached hydrogen (secondary N) is 3. The molecule has 32 heavy (non-hydrogen) atoms. The van der Waals surface area contributed by atoms with Crippen molar-refractivity contribution in [2.24, 2.45) is 0 Å². The van der Waals surface area contributed by atoms with Gasteiger partial charge < -0.3 is 30.3 Å². The fourth-order valence-electron chi connectivity index (χ4n) is 3.36. The van der Waals surface area contributed by atoms with Crippen molar-refractivity contribution < 1.29 is 23.9 Å². The molecule has 0 saturated carbocycles. The van der Waals surface area contributed by atoms with Crippen LogP contribution in [0.1, 0.15) is 57.8 Å². The zero-order chi connectivity index (χ0) is 23.8. The Morgan fingerprint density at radius 2 is 1.75 bits per heavy atom. The molecule has 0 bridgehead atoms. The van der Waals surface area contributed by atoms with E-state index in [2.05, 4.69) is 16.0 Å². The standard InChI is InChI=1S/C23H36N4O5/c1-6-23(7-2,16-24-21(30)32-22(3,4)5)26-20(29)25-18-10-8-9-17(15-18)19(28)27-11-13-31-14-12-27/h8-10,15H,6-7,11-14,16H2,1-5H3,(H,24,30)(H2,25,26,29). The fraction of sp³-hybridized carbons (Fsp3) is 0.609. The lowest BCUT2D eigenvalue weighted by molar-refractivity contribution is 0.0303. The minimum atomic E-state index is -0.637. The van der Waals surface area contributed by atoms with Crippen LogP contribution in [0.3, 0.4) is 0 Å². The number of amides is 4. The summed E-state index contributed by atoms with van der Waals surface area (Å²) in [5.41, 5.74) is -0.210. The van der Waals surface area contributed by atoms with Crippen LogP contribution in [0.15, 0.2) is 24.3 Å². The lowest BCUT2D eigenvalue weighted by Crippen LogP contribution is -2.56. The van der Waals surface area contributed by atoms with Gasteiger partial charge in [0.2, 0.25) is 0 Å². The van der Waals surface area contributed by atoms with Crippen molar-refractivity contribution in [1.29, 1.82) is 0 Å². The summed E-state index contributed by atoms with van der Waals surface area (Å²) in [7, 11) is 0. The molecule has 178 valence electrons. The number of carbonyl (C=O) groups is 3. The molecule has 4 amide bonds. The van der Waals surface area contributed by atoms with Crippen molar-refractivity contribution in [3.63, 3.8) is 0 Å². The number of ether oxygens (including phenoxy) is 2. The summed E-state index contributed by atoms with van der Waals surface area (Å²) < 4.78 is 10.6. The lowest BCUT2D eigenvalue weighted by atomic mass is 9.93. The smallest absolute Gasteiger partial charge is 0.407 e. The van der Waals surface area contributed by atoms with E-state index in [-0.39, 0.29) is 12.5 Å². The van der Waals surface area contributed by atoms with Crippen LogP contribution in [-0.4, -0.2) is 66.9 Å². The second-order valence-corrected chi connectivity index (χ2v) is 8.91. The Balaban J connectivity index is 1.99. The topological polar surface area (TPSA) is 109 Å². The van der Waals surface area contributed by atoms with Crippen LogP contribution in [0.2, 0.25) is 0 Å². The number of benzene rings is 1. The van der Waals surface area contributed by atoms with E-state index < -0.39 is 23.3 Å². The minimum absolute atomic E-state index is 0.0876. The summed E-state index contributed by atoms with van der Waals surface area (Å²) in [6.07, 6.45) is 0.699. The fourth-order valence-corrected chi connectivity index (χ4v) is 3.36. The molecule has 0 aromatic heterocycles. The normalized spacial score (nSPS) is 14.5. The summed E-state index contributed by atoms with van der Waals surface area (Å²) in [6.45, 7) is 11.7. The summed E-state index contributed by atoms with van der Waals surface area (Å²) in [5, 5.41) is 8.52. The van der Waals surface area contributed by atoms with Crippen LogP contribution in [-0.2, 0) is 9.47 Å². The quantitative estimate of drug-likeness (QED) is 0.593. The van der Waals surface area contributed by atoms with E-state index in [0.29, 0.717) is 50.4 Å². The maximum atomic E-state index is 12.7. The van der Waals surface area contributed by atoms with Gasteiger partial charge in [0.15, 0.2) is 0 Å². The SMILES string of the molecule is CCC(CC)(CNC(=O)OC(C)(C)C)NC(=O)Nc1cccc(C(=O)N2CCOCC2)c1. The Hall–Kier alpha value is -2.81. The van der Waals surface area contributed by atoms with Crippen LogP contribution >= 0.6 is 0 Å². The number of nitrogens with zero attached hydrogens (tertiary/aromatic N) is 1. The zero-order valence-electron chi connectivity index (χ0n) is 19.7. The number of hydrogen-bond donors (Lipinski definition) is 3. The van der Waals surface area contributed by atoms with E-state index in [9.17, 15) is 14.4 Å². The number of rotatable bonds is 7. The molecule has 1 aromatic rings. The van der Waals surface area contributed by atoms with Gasteiger partial charge in [-0.25, -0.2) is 9.59 Å². The molecule has 1 aliphatic rings. The first kappa shape index (κ1) is 25.5. The predicted molar refractivity (Wildman–Crippen MR) is 123 cm³/mol. The van der Waals surface area contributed by atoms with Crippen molar-refractivity contribution in [2.45, 2.75) is 58.6 Å². The maximum absolute atomic E-state index is 12.7. The molecule has 1 fully saturated rings. The third kappa shape index (κ3) is 7.71. The zero-order valence-corrected chi connectivity index (χ0v) is 19.7. The highest BCUT2D eigenvalue weighted by atomic mass is 16.6. The van der Waals surface area contributed by atoms with Gasteiger partial charge in [-0.1, -0.05) is 19.9 Å². The van der Waals surface area contributed by atoms with E-state index in [4.69, 9.17) is 9.47 Å². The van der Waals surface area contributed by atoms with Gasteiger partial charge in [0.1, 0.15) is 5.60 Å². The second kappa shape index (κ2) is 11.2. The van der Waals surface area contributed by atoms with Crippen LogP contribution in [0.25, 0.3) is 0 Å². The van der Waals surface area contributed by atoms with Gasteiger partial charge in [0, 0.05) is 30.9 Å². The van der Waals surface area contributed by atoms with E-state index >= 15 is 0 Å². The highest BCUT2D eigenvalue weighted by molar-refractivity contribution is 5.97. The van der Waals surface area contributed by atoms with E-state index in [0.717, 1.165) is 0 Å². The second-order valence-electron chi connectivity index (χ2n) is 8.91. The largest absolute Gasteiger partial charge is 0.444 e. The van der Waals surface area contributed by atoms with Gasteiger partial charge in [-0.3, -0.25) is 4.79 Å². The summed E-state index contributed by atoms with van der Waals surface area (Å²) in [6, 6.07) is 6.45. The van der Waals surface area contributed by atoms with Crippen molar-refractivity contribution in [3.05, 3.63) is 29.8 Å². The molecular formula is C23H36N4O5. The van der Waals surface area contributed by atoms with Crippen LogP contribution in [0.5, 0.6) is 0 Å². The molecule has 1 aromatic carbocycles. The number of morpholine rings is 1. The molecule has 0 unspecified atom stereocenters. The molecule has 0 aliphatic carbocycles. The van der Waals surface area contributed by atoms with Crippen LogP contribution in [0.4, 0.5) is 15.3 Å². The van der Waals surface area contributed by atoms with Gasteiger partial charge in [0.05, 0.1) is 18.8 Å². The van der Waals surface area contributed by atoms with E-state index in [1.807, 2.05) is 13.8 Å². The molecule has 0 spiro atoms. The average Bonchev–Trinajstić information content (AvgIpc) is 2.76. The van der Waals surface area contributed by atoms with Crippen molar-refractivity contribution in [2.75, 3.05) is 38.2 Å². The average molecular weight is 449 g/mol. The number of carbonyl (C=O) groups excluding carboxylic acids is 3. The summed E-state index contributed by atoms with van der Waals surface area (Å²) in [4.78, 5) is 39.2. The van der Waals surface area contributed by atoms with Gasteiger partial charge in [-0.15, -0.1) is 0 Å². The van der Waals surface area contributed by atoms with Gasteiger partial charge in [0.25, 0.3) is 5.91 Å². The van der Waals surface area contributed by atoms with Gasteiger partial charge >= 0.3 is 12.1 Å². The first-order valence-electron chi connectivity index (χ1n) is 11.1. The molecule has 9 heteroatoms. The lowest BCUT2D eigenvalue weighted by Gasteiger charge is -2.33.